The molecule has 0 saturated heterocycles. The zero-order valence-corrected chi connectivity index (χ0v) is 12.2. The normalized spacial score (nSPS) is 13.3. The molecule has 0 fully saturated rings. The second-order valence-corrected chi connectivity index (χ2v) is 6.25. The van der Waals surface area contributed by atoms with Crippen molar-refractivity contribution in [1.29, 1.82) is 0 Å². The van der Waals surface area contributed by atoms with Crippen LogP contribution in [0.1, 0.15) is 24.2 Å². The third-order valence-corrected chi connectivity index (χ3v) is 4.55. The number of H-pyrrole nitrogens is 1. The number of benzene rings is 1. The van der Waals surface area contributed by atoms with E-state index in [-0.39, 0.29) is 17.5 Å². The van der Waals surface area contributed by atoms with Gasteiger partial charge in [0.2, 0.25) is 10.0 Å². The Labute approximate surface area is 118 Å². The average molecular weight is 294 g/mol. The molecule has 0 bridgehead atoms. The molecule has 0 aliphatic carbocycles. The van der Waals surface area contributed by atoms with Crippen LogP contribution >= 0.6 is 0 Å². The molecule has 0 aliphatic rings. The molecule has 0 amide bonds. The Balaban J connectivity index is 2.09. The molecule has 1 heterocycles. The van der Waals surface area contributed by atoms with Crippen LogP contribution in [0.2, 0.25) is 0 Å². The number of nitrogens with one attached hydrogen (secondary N) is 3. The number of aromatic nitrogens is 2. The maximum atomic E-state index is 12.1. The molecule has 20 heavy (non-hydrogen) atoms. The van der Waals surface area contributed by atoms with E-state index in [0.717, 1.165) is 5.56 Å². The maximum Gasteiger partial charge on any atom is 0.240 e. The van der Waals surface area contributed by atoms with Crippen molar-refractivity contribution in [2.75, 3.05) is 7.05 Å². The van der Waals surface area contributed by atoms with Gasteiger partial charge in [0, 0.05) is 17.9 Å². The lowest BCUT2D eigenvalue weighted by molar-refractivity contribution is 0.580. The van der Waals surface area contributed by atoms with E-state index in [4.69, 9.17) is 0 Å². The largest absolute Gasteiger partial charge is 0.347 e. The summed E-state index contributed by atoms with van der Waals surface area (Å²) in [6.45, 7) is 2.21. The van der Waals surface area contributed by atoms with Crippen molar-refractivity contribution in [1.82, 2.24) is 20.0 Å². The molecule has 1 aromatic heterocycles. The Morgan fingerprint density at radius 1 is 1.30 bits per heavy atom. The molecule has 0 saturated carbocycles. The number of hydrogen-bond acceptors (Lipinski definition) is 4. The van der Waals surface area contributed by atoms with Crippen molar-refractivity contribution in [2.24, 2.45) is 0 Å². The zero-order valence-electron chi connectivity index (χ0n) is 11.4. The second-order valence-electron chi connectivity index (χ2n) is 4.48. The third-order valence-electron chi connectivity index (χ3n) is 3.13. The highest BCUT2D eigenvalue weighted by molar-refractivity contribution is 7.89. The first-order chi connectivity index (χ1) is 9.53. The van der Waals surface area contributed by atoms with Gasteiger partial charge in [0.15, 0.2) is 0 Å². The lowest BCUT2D eigenvalue weighted by Gasteiger charge is -2.11. The fraction of sp³-hybridized carbons (Fsp3) is 0.308. The second kappa shape index (κ2) is 6.17. The highest BCUT2D eigenvalue weighted by atomic mass is 32.2. The average Bonchev–Trinajstić information content (AvgIpc) is 2.98. The number of hydrogen-bond donors (Lipinski definition) is 3. The molecular formula is C13H18N4O2S. The van der Waals surface area contributed by atoms with Crippen LogP contribution in [-0.2, 0) is 16.6 Å². The molecule has 1 atom stereocenters. The van der Waals surface area contributed by atoms with Gasteiger partial charge in [-0.1, -0.05) is 12.1 Å². The lowest BCUT2D eigenvalue weighted by atomic mass is 10.1. The molecule has 7 heteroatoms. The molecule has 3 N–H and O–H groups in total. The fourth-order valence-corrected chi connectivity index (χ4v) is 2.75. The van der Waals surface area contributed by atoms with E-state index in [1.165, 1.54) is 6.33 Å². The van der Waals surface area contributed by atoms with E-state index in [2.05, 4.69) is 20.0 Å². The number of aromatic amines is 1. The van der Waals surface area contributed by atoms with E-state index >= 15 is 0 Å². The van der Waals surface area contributed by atoms with Gasteiger partial charge in [0.1, 0.15) is 0 Å². The topological polar surface area (TPSA) is 86.9 Å². The molecule has 0 spiro atoms. The summed E-state index contributed by atoms with van der Waals surface area (Å²) in [5.74, 6) is 0. The van der Waals surface area contributed by atoms with Gasteiger partial charge in [0.25, 0.3) is 0 Å². The maximum absolute atomic E-state index is 12.1. The number of nitrogens with zero attached hydrogens (tertiary/aromatic N) is 1. The Morgan fingerprint density at radius 3 is 2.55 bits per heavy atom. The van der Waals surface area contributed by atoms with Crippen LogP contribution in [0.5, 0.6) is 0 Å². The predicted molar refractivity (Wildman–Crippen MR) is 76.5 cm³/mol. The first kappa shape index (κ1) is 14.7. The van der Waals surface area contributed by atoms with Gasteiger partial charge in [-0.2, -0.15) is 0 Å². The summed E-state index contributed by atoms with van der Waals surface area (Å²) in [7, 11) is -1.64. The van der Waals surface area contributed by atoms with Gasteiger partial charge in [-0.25, -0.2) is 18.1 Å². The van der Waals surface area contributed by atoms with Gasteiger partial charge in [-0.3, -0.25) is 0 Å². The Bertz CT molecular complexity index is 636. The van der Waals surface area contributed by atoms with Crippen LogP contribution in [0.25, 0.3) is 0 Å². The summed E-state index contributed by atoms with van der Waals surface area (Å²) in [6, 6.07) is 7.03. The minimum atomic E-state index is -3.50. The summed E-state index contributed by atoms with van der Waals surface area (Å²) >= 11 is 0. The molecule has 2 aromatic rings. The van der Waals surface area contributed by atoms with Crippen molar-refractivity contribution in [3.8, 4) is 0 Å². The van der Waals surface area contributed by atoms with Gasteiger partial charge in [-0.15, -0.1) is 0 Å². The monoisotopic (exact) mass is 294 g/mol. The van der Waals surface area contributed by atoms with Crippen LogP contribution in [0.4, 0.5) is 0 Å². The summed E-state index contributed by atoms with van der Waals surface area (Å²) < 4.78 is 26.8. The van der Waals surface area contributed by atoms with E-state index in [0.29, 0.717) is 5.69 Å². The molecule has 1 unspecified atom stereocenters. The standard InChI is InChI=1S/C13H18N4O2S/c1-10(14-2)11-3-5-13(6-4-11)20(18,19)17-8-12-7-15-9-16-12/h3-7,9-10,14,17H,8H2,1-2H3,(H,15,16). The fourth-order valence-electron chi connectivity index (χ4n) is 1.74. The molecule has 2 rings (SSSR count). The van der Waals surface area contributed by atoms with E-state index in [1.807, 2.05) is 26.1 Å². The smallest absolute Gasteiger partial charge is 0.240 e. The van der Waals surface area contributed by atoms with Crippen LogP contribution in [-0.4, -0.2) is 25.4 Å². The highest BCUT2D eigenvalue weighted by Gasteiger charge is 2.14. The van der Waals surface area contributed by atoms with Crippen LogP contribution < -0.4 is 10.0 Å². The van der Waals surface area contributed by atoms with E-state index in [1.54, 1.807) is 18.3 Å². The first-order valence-corrected chi connectivity index (χ1v) is 7.75. The minimum absolute atomic E-state index is 0.185. The van der Waals surface area contributed by atoms with Crippen molar-refractivity contribution in [3.63, 3.8) is 0 Å². The zero-order chi connectivity index (χ0) is 14.6. The van der Waals surface area contributed by atoms with Crippen LogP contribution in [0.3, 0.4) is 0 Å². The molecule has 108 valence electrons. The Kier molecular flexibility index (Phi) is 4.53. The van der Waals surface area contributed by atoms with Crippen molar-refractivity contribution in [3.05, 3.63) is 48.0 Å². The SMILES string of the molecule is CNC(C)c1ccc(S(=O)(=O)NCc2cnc[nH]2)cc1. The van der Waals surface area contributed by atoms with Crippen molar-refractivity contribution in [2.45, 2.75) is 24.4 Å². The summed E-state index contributed by atoms with van der Waals surface area (Å²) in [5.41, 5.74) is 1.76. The Morgan fingerprint density at radius 2 is 2.00 bits per heavy atom. The number of rotatable bonds is 6. The molecule has 6 nitrogen and oxygen atoms in total. The number of imidazole rings is 1. The van der Waals surface area contributed by atoms with Gasteiger partial charge in [0.05, 0.1) is 17.8 Å². The Hall–Kier alpha value is -1.70. The highest BCUT2D eigenvalue weighted by Crippen LogP contribution is 2.15. The lowest BCUT2D eigenvalue weighted by Crippen LogP contribution is -2.23. The van der Waals surface area contributed by atoms with Gasteiger partial charge >= 0.3 is 0 Å². The first-order valence-electron chi connectivity index (χ1n) is 6.27. The van der Waals surface area contributed by atoms with Crippen molar-refractivity contribution >= 4 is 10.0 Å². The van der Waals surface area contributed by atoms with Crippen LogP contribution in [0, 0.1) is 0 Å². The summed E-state index contributed by atoms with van der Waals surface area (Å²) in [4.78, 5) is 6.94. The van der Waals surface area contributed by atoms with Gasteiger partial charge < -0.3 is 10.3 Å². The third kappa shape index (κ3) is 3.44. The van der Waals surface area contributed by atoms with Crippen LogP contribution in [0.15, 0.2) is 41.7 Å². The van der Waals surface area contributed by atoms with E-state index < -0.39 is 10.0 Å². The molecule has 1 aromatic carbocycles. The molecular weight excluding hydrogens is 276 g/mol. The van der Waals surface area contributed by atoms with Crippen molar-refractivity contribution < 1.29 is 8.42 Å². The minimum Gasteiger partial charge on any atom is -0.347 e. The van der Waals surface area contributed by atoms with E-state index in [9.17, 15) is 8.42 Å². The summed E-state index contributed by atoms with van der Waals surface area (Å²) in [5, 5.41) is 3.11. The predicted octanol–water partition coefficient (Wildman–Crippen LogP) is 1.17. The summed E-state index contributed by atoms with van der Waals surface area (Å²) in [6.07, 6.45) is 3.10. The quantitative estimate of drug-likeness (QED) is 0.746. The number of sulfonamides is 1. The molecule has 0 radical (unpaired) electrons. The molecule has 0 aliphatic heterocycles. The van der Waals surface area contributed by atoms with Gasteiger partial charge in [-0.05, 0) is 31.7 Å².